The lowest BCUT2D eigenvalue weighted by atomic mass is 9.93. The van der Waals surface area contributed by atoms with E-state index in [2.05, 4.69) is 18.0 Å². The van der Waals surface area contributed by atoms with Gasteiger partial charge in [-0.2, -0.15) is 11.8 Å². The lowest BCUT2D eigenvalue weighted by Crippen LogP contribution is -2.31. The van der Waals surface area contributed by atoms with Crippen LogP contribution in [-0.2, 0) is 0 Å². The van der Waals surface area contributed by atoms with Crippen LogP contribution in [0.15, 0.2) is 4.99 Å². The Balaban J connectivity index is 2.26. The average molecular weight is 129 g/mol. The van der Waals surface area contributed by atoms with Gasteiger partial charge in [-0.15, -0.1) is 0 Å². The molecule has 0 spiro atoms. The molecular formula is C6H11NS. The number of rotatable bonds is 2. The van der Waals surface area contributed by atoms with Gasteiger partial charge >= 0.3 is 0 Å². The van der Waals surface area contributed by atoms with Gasteiger partial charge in [0.1, 0.15) is 0 Å². The Morgan fingerprint density at radius 2 is 2.38 bits per heavy atom. The van der Waals surface area contributed by atoms with Crippen LogP contribution in [0.3, 0.4) is 0 Å². The summed E-state index contributed by atoms with van der Waals surface area (Å²) in [5.74, 6) is 0. The first-order chi connectivity index (χ1) is 3.88. The molecular weight excluding hydrogens is 118 g/mol. The maximum Gasteiger partial charge on any atom is 0.0611 e. The minimum Gasteiger partial charge on any atom is -0.296 e. The van der Waals surface area contributed by atoms with Crippen LogP contribution in [0.25, 0.3) is 0 Å². The summed E-state index contributed by atoms with van der Waals surface area (Å²) in [6.45, 7) is 3.52. The predicted molar refractivity (Wildman–Crippen MR) is 39.9 cm³/mol. The van der Waals surface area contributed by atoms with Crippen molar-refractivity contribution in [1.82, 2.24) is 0 Å². The van der Waals surface area contributed by atoms with E-state index in [1.165, 1.54) is 12.8 Å². The topological polar surface area (TPSA) is 12.4 Å². The average Bonchev–Trinajstić information content (AvgIpc) is 1.66. The van der Waals surface area contributed by atoms with Crippen LogP contribution >= 0.6 is 11.8 Å². The summed E-state index contributed by atoms with van der Waals surface area (Å²) >= 11 is 1.91. The molecule has 2 atom stereocenters. The summed E-state index contributed by atoms with van der Waals surface area (Å²) in [5.41, 5.74) is 0. The van der Waals surface area contributed by atoms with Crippen LogP contribution < -0.4 is 0 Å². The molecule has 0 aromatic heterocycles. The molecule has 8 heavy (non-hydrogen) atoms. The number of thioether (sulfide) groups is 1. The van der Waals surface area contributed by atoms with E-state index in [0.717, 1.165) is 5.25 Å². The third kappa shape index (κ3) is 0.895. The Labute approximate surface area is 54.6 Å². The van der Waals surface area contributed by atoms with Crippen molar-refractivity contribution in [2.75, 3.05) is 6.26 Å². The molecule has 0 radical (unpaired) electrons. The van der Waals surface area contributed by atoms with E-state index in [9.17, 15) is 0 Å². The fourth-order valence-corrected chi connectivity index (χ4v) is 1.84. The highest BCUT2D eigenvalue weighted by Crippen LogP contribution is 2.32. The first-order valence-electron chi connectivity index (χ1n) is 2.87. The third-order valence-electron chi connectivity index (χ3n) is 1.71. The summed E-state index contributed by atoms with van der Waals surface area (Å²) in [7, 11) is 0. The smallest absolute Gasteiger partial charge is 0.0611 e. The van der Waals surface area contributed by atoms with Crippen molar-refractivity contribution >= 4 is 18.5 Å². The molecule has 0 aromatic carbocycles. The summed E-state index contributed by atoms with van der Waals surface area (Å²) in [5, 5.41) is 0.785. The van der Waals surface area contributed by atoms with Crippen molar-refractivity contribution in [3.8, 4) is 0 Å². The van der Waals surface area contributed by atoms with E-state index >= 15 is 0 Å². The van der Waals surface area contributed by atoms with Crippen LogP contribution in [0.5, 0.6) is 0 Å². The second-order valence-corrected chi connectivity index (χ2v) is 3.18. The Kier molecular flexibility index (Phi) is 1.95. The molecule has 0 N–H and O–H groups in total. The molecule has 0 saturated heterocycles. The van der Waals surface area contributed by atoms with E-state index in [1.54, 1.807) is 0 Å². The maximum absolute atomic E-state index is 3.98. The first-order valence-corrected chi connectivity index (χ1v) is 4.16. The van der Waals surface area contributed by atoms with Crippen molar-refractivity contribution < 1.29 is 0 Å². The molecule has 46 valence electrons. The molecule has 1 saturated carbocycles. The minimum atomic E-state index is 0.574. The van der Waals surface area contributed by atoms with Gasteiger partial charge in [0.05, 0.1) is 6.04 Å². The maximum atomic E-state index is 3.98. The molecule has 0 heterocycles. The van der Waals surface area contributed by atoms with E-state index in [-0.39, 0.29) is 0 Å². The van der Waals surface area contributed by atoms with Crippen molar-refractivity contribution in [2.24, 2.45) is 4.99 Å². The van der Waals surface area contributed by atoms with Crippen LogP contribution in [0.4, 0.5) is 0 Å². The normalized spacial score (nSPS) is 36.1. The van der Waals surface area contributed by atoms with Gasteiger partial charge in [-0.3, -0.25) is 4.99 Å². The van der Waals surface area contributed by atoms with Gasteiger partial charge in [0.25, 0.3) is 0 Å². The monoisotopic (exact) mass is 129 g/mol. The molecule has 1 aliphatic carbocycles. The van der Waals surface area contributed by atoms with Crippen LogP contribution in [0, 0.1) is 0 Å². The highest BCUT2D eigenvalue weighted by atomic mass is 32.2. The SMILES string of the molecule is C=NC1CC[C@H]1SC. The molecule has 2 heteroatoms. The Bertz CT molecular complexity index is 90.5. The minimum absolute atomic E-state index is 0.574. The van der Waals surface area contributed by atoms with Gasteiger partial charge in [0.2, 0.25) is 0 Å². The standard InChI is InChI=1S/C6H11NS/c1-7-5-3-4-6(5)8-2/h5-6H,1,3-4H2,2H3/t5?,6-/m1/s1. The zero-order valence-electron chi connectivity index (χ0n) is 5.13. The molecule has 1 unspecified atom stereocenters. The highest BCUT2D eigenvalue weighted by Gasteiger charge is 2.28. The highest BCUT2D eigenvalue weighted by molar-refractivity contribution is 7.99. The van der Waals surface area contributed by atoms with Crippen LogP contribution in [0.2, 0.25) is 0 Å². The lowest BCUT2D eigenvalue weighted by molar-refractivity contribution is 0.439. The quantitative estimate of drug-likeness (QED) is 0.516. The van der Waals surface area contributed by atoms with E-state index in [0.29, 0.717) is 6.04 Å². The number of nitrogens with zero attached hydrogens (tertiary/aromatic N) is 1. The van der Waals surface area contributed by atoms with Gasteiger partial charge in [-0.25, -0.2) is 0 Å². The molecule has 1 aliphatic rings. The van der Waals surface area contributed by atoms with Crippen LogP contribution in [-0.4, -0.2) is 24.3 Å². The van der Waals surface area contributed by atoms with Crippen molar-refractivity contribution in [3.63, 3.8) is 0 Å². The zero-order chi connectivity index (χ0) is 5.98. The summed E-state index contributed by atoms with van der Waals surface area (Å²) in [4.78, 5) is 3.98. The number of hydrogen-bond acceptors (Lipinski definition) is 2. The summed E-state index contributed by atoms with van der Waals surface area (Å²) < 4.78 is 0. The second kappa shape index (κ2) is 2.53. The second-order valence-electron chi connectivity index (χ2n) is 2.10. The Hall–Kier alpha value is 0.0200. The molecule has 1 rings (SSSR count). The van der Waals surface area contributed by atoms with E-state index in [1.807, 2.05) is 11.8 Å². The molecule has 1 nitrogen and oxygen atoms in total. The third-order valence-corrected chi connectivity index (χ3v) is 2.87. The first kappa shape index (κ1) is 6.14. The number of hydrogen-bond donors (Lipinski definition) is 0. The largest absolute Gasteiger partial charge is 0.296 e. The zero-order valence-corrected chi connectivity index (χ0v) is 5.95. The van der Waals surface area contributed by atoms with Crippen molar-refractivity contribution in [3.05, 3.63) is 0 Å². The van der Waals surface area contributed by atoms with Crippen molar-refractivity contribution in [1.29, 1.82) is 0 Å². The van der Waals surface area contributed by atoms with Gasteiger partial charge in [-0.1, -0.05) is 0 Å². The molecule has 0 amide bonds. The molecule has 0 aliphatic heterocycles. The Morgan fingerprint density at radius 3 is 2.50 bits per heavy atom. The van der Waals surface area contributed by atoms with Crippen molar-refractivity contribution in [2.45, 2.75) is 24.1 Å². The van der Waals surface area contributed by atoms with Gasteiger partial charge in [0, 0.05) is 5.25 Å². The number of aliphatic imine (C=N–C) groups is 1. The van der Waals surface area contributed by atoms with Gasteiger partial charge < -0.3 is 0 Å². The molecule has 1 fully saturated rings. The van der Waals surface area contributed by atoms with E-state index < -0.39 is 0 Å². The molecule has 0 aromatic rings. The van der Waals surface area contributed by atoms with Crippen LogP contribution in [0.1, 0.15) is 12.8 Å². The Morgan fingerprint density at radius 1 is 1.62 bits per heavy atom. The molecule has 0 bridgehead atoms. The summed E-state index contributed by atoms with van der Waals surface area (Å²) in [6.07, 6.45) is 4.74. The predicted octanol–water partition coefficient (Wildman–Crippen LogP) is 1.58. The fourth-order valence-electron chi connectivity index (χ4n) is 0.936. The lowest BCUT2D eigenvalue weighted by Gasteiger charge is -2.31. The summed E-state index contributed by atoms with van der Waals surface area (Å²) in [6, 6.07) is 0.574. The fraction of sp³-hybridized carbons (Fsp3) is 0.833. The van der Waals surface area contributed by atoms with E-state index in [4.69, 9.17) is 0 Å². The van der Waals surface area contributed by atoms with Gasteiger partial charge in [-0.05, 0) is 25.8 Å². The van der Waals surface area contributed by atoms with Gasteiger partial charge in [0.15, 0.2) is 0 Å².